The van der Waals surface area contributed by atoms with Gasteiger partial charge in [-0.3, -0.25) is 4.79 Å². The van der Waals surface area contributed by atoms with Crippen LogP contribution < -0.4 is 11.4 Å². The molecule has 0 heterocycles. The lowest BCUT2D eigenvalue weighted by Crippen LogP contribution is -2.26. The lowest BCUT2D eigenvalue weighted by atomic mass is 10.5. The third kappa shape index (κ3) is 7.80. The summed E-state index contributed by atoms with van der Waals surface area (Å²) in [5.41, 5.74) is 1.84. The predicted molar refractivity (Wildman–Crippen MR) is 47.2 cm³/mol. The smallest absolute Gasteiger partial charge is 0.327 e. The van der Waals surface area contributed by atoms with Crippen molar-refractivity contribution in [3.05, 3.63) is 0 Å². The zero-order valence-corrected chi connectivity index (χ0v) is 7.86. The van der Waals surface area contributed by atoms with Crippen molar-refractivity contribution in [3.63, 3.8) is 0 Å². The highest BCUT2D eigenvalue weighted by Gasteiger charge is 2.00. The molecule has 6 heteroatoms. The highest BCUT2D eigenvalue weighted by molar-refractivity contribution is 7.99. The van der Waals surface area contributed by atoms with Crippen LogP contribution in [0.25, 0.3) is 0 Å². The summed E-state index contributed by atoms with van der Waals surface area (Å²) in [5, 5.41) is 0. The molecule has 0 aromatic rings. The molecule has 0 saturated heterocycles. The lowest BCUT2D eigenvalue weighted by Gasteiger charge is -2.00. The van der Waals surface area contributed by atoms with E-state index >= 15 is 0 Å². The van der Waals surface area contributed by atoms with E-state index in [-0.39, 0.29) is 5.97 Å². The number of nitrogens with one attached hydrogen (secondary N) is 1. The maximum absolute atomic E-state index is 10.7. The number of carbonyl (C=O) groups is 1. The Morgan fingerprint density at radius 3 is 2.92 bits per heavy atom. The van der Waals surface area contributed by atoms with E-state index in [1.54, 1.807) is 18.9 Å². The first-order chi connectivity index (χ1) is 5.81. The van der Waals surface area contributed by atoms with Crippen LogP contribution in [0.4, 0.5) is 0 Å². The van der Waals surface area contributed by atoms with Gasteiger partial charge in [-0.15, -0.1) is 0 Å². The molecule has 0 aromatic carbocycles. The number of nitrogens with two attached hydrogens (primary N) is 1. The number of thioether (sulfide) groups is 1. The van der Waals surface area contributed by atoms with Crippen molar-refractivity contribution in [1.82, 2.24) is 5.59 Å². The molecule has 72 valence electrons. The Hall–Kier alpha value is -0.300. The van der Waals surface area contributed by atoms with Crippen LogP contribution in [0.3, 0.4) is 0 Å². The molecule has 0 bridgehead atoms. The van der Waals surface area contributed by atoms with Crippen LogP contribution in [0.1, 0.15) is 6.42 Å². The molecule has 0 amide bonds. The van der Waals surface area contributed by atoms with Gasteiger partial charge in [0.05, 0.1) is 13.0 Å². The Morgan fingerprint density at radius 2 is 2.33 bits per heavy atom. The van der Waals surface area contributed by atoms with Gasteiger partial charge in [0.15, 0.2) is 0 Å². The van der Waals surface area contributed by atoms with Gasteiger partial charge in [-0.25, -0.2) is 5.84 Å². The molecule has 0 spiro atoms. The van der Waals surface area contributed by atoms with Gasteiger partial charge in [-0.2, -0.15) is 11.8 Å². The lowest BCUT2D eigenvalue weighted by molar-refractivity contribution is -0.150. The number of rotatable bonds is 7. The summed E-state index contributed by atoms with van der Waals surface area (Å²) >= 11 is 1.64. The SMILES string of the molecule is COCCSCCC(=O)ONN. The molecule has 5 nitrogen and oxygen atoms in total. The van der Waals surface area contributed by atoms with Gasteiger partial charge in [-0.05, 0) is 0 Å². The Balaban J connectivity index is 3.03. The zero-order valence-electron chi connectivity index (χ0n) is 7.04. The van der Waals surface area contributed by atoms with Crippen molar-refractivity contribution >= 4 is 17.7 Å². The summed E-state index contributed by atoms with van der Waals surface area (Å²) in [6, 6.07) is 0. The normalized spacial score (nSPS) is 9.83. The zero-order chi connectivity index (χ0) is 9.23. The number of ether oxygens (including phenoxy) is 1. The molecular weight excluding hydrogens is 180 g/mol. The Kier molecular flexibility index (Phi) is 8.57. The molecule has 0 atom stereocenters. The molecule has 12 heavy (non-hydrogen) atoms. The third-order valence-electron chi connectivity index (χ3n) is 1.06. The first-order valence-electron chi connectivity index (χ1n) is 3.53. The fourth-order valence-electron chi connectivity index (χ4n) is 0.517. The van der Waals surface area contributed by atoms with Crippen LogP contribution in [0, 0.1) is 0 Å². The van der Waals surface area contributed by atoms with Crippen LogP contribution in [0.5, 0.6) is 0 Å². The van der Waals surface area contributed by atoms with E-state index in [0.29, 0.717) is 13.0 Å². The summed E-state index contributed by atoms with van der Waals surface area (Å²) in [6.45, 7) is 0.703. The minimum atomic E-state index is -0.345. The van der Waals surface area contributed by atoms with Gasteiger partial charge in [-0.1, -0.05) is 5.59 Å². The van der Waals surface area contributed by atoms with E-state index in [1.165, 1.54) is 0 Å². The average molecular weight is 194 g/mol. The molecule has 0 fully saturated rings. The second kappa shape index (κ2) is 8.79. The van der Waals surface area contributed by atoms with Gasteiger partial charge in [0.1, 0.15) is 0 Å². The molecule has 0 radical (unpaired) electrons. The second-order valence-electron chi connectivity index (χ2n) is 1.95. The number of hydrazine groups is 1. The molecular formula is C6H14N2O3S. The largest absolute Gasteiger partial charge is 0.384 e. The van der Waals surface area contributed by atoms with Crippen molar-refractivity contribution in [2.45, 2.75) is 6.42 Å². The van der Waals surface area contributed by atoms with E-state index < -0.39 is 0 Å². The summed E-state index contributed by atoms with van der Waals surface area (Å²) in [7, 11) is 1.65. The maximum atomic E-state index is 10.7. The van der Waals surface area contributed by atoms with Crippen molar-refractivity contribution < 1.29 is 14.4 Å². The predicted octanol–water partition coefficient (Wildman–Crippen LogP) is -0.322. The standard InChI is InChI=1S/C6H14N2O3S/c1-10-3-5-12-4-2-6(9)11-8-7/h8H,2-5,7H2,1H3. The van der Waals surface area contributed by atoms with Crippen molar-refractivity contribution in [3.8, 4) is 0 Å². The van der Waals surface area contributed by atoms with Crippen LogP contribution in [-0.4, -0.2) is 31.2 Å². The van der Waals surface area contributed by atoms with Crippen LogP contribution in [-0.2, 0) is 14.4 Å². The molecule has 0 aliphatic heterocycles. The Bertz CT molecular complexity index is 123. The summed E-state index contributed by atoms with van der Waals surface area (Å²) in [5.74, 6) is 6.03. The highest BCUT2D eigenvalue weighted by Crippen LogP contribution is 2.02. The topological polar surface area (TPSA) is 73.6 Å². The van der Waals surface area contributed by atoms with E-state index in [9.17, 15) is 4.79 Å². The summed E-state index contributed by atoms with van der Waals surface area (Å²) in [4.78, 5) is 15.0. The van der Waals surface area contributed by atoms with Gasteiger partial charge in [0.25, 0.3) is 0 Å². The van der Waals surface area contributed by atoms with E-state index in [4.69, 9.17) is 10.6 Å². The Labute approximate surface area is 75.9 Å². The van der Waals surface area contributed by atoms with Crippen molar-refractivity contribution in [2.24, 2.45) is 5.84 Å². The summed E-state index contributed by atoms with van der Waals surface area (Å²) < 4.78 is 4.83. The van der Waals surface area contributed by atoms with Crippen LogP contribution in [0.2, 0.25) is 0 Å². The fourth-order valence-corrected chi connectivity index (χ4v) is 1.32. The highest BCUT2D eigenvalue weighted by atomic mass is 32.2. The van der Waals surface area contributed by atoms with Gasteiger partial charge < -0.3 is 9.57 Å². The second-order valence-corrected chi connectivity index (χ2v) is 3.17. The maximum Gasteiger partial charge on any atom is 0.327 e. The minimum Gasteiger partial charge on any atom is -0.384 e. The molecule has 0 aromatic heterocycles. The first kappa shape index (κ1) is 11.7. The van der Waals surface area contributed by atoms with E-state index in [0.717, 1.165) is 11.5 Å². The van der Waals surface area contributed by atoms with Gasteiger partial charge in [0.2, 0.25) is 0 Å². The molecule has 0 rings (SSSR count). The third-order valence-corrected chi connectivity index (χ3v) is 2.00. The van der Waals surface area contributed by atoms with Crippen molar-refractivity contribution in [2.75, 3.05) is 25.2 Å². The number of methoxy groups -OCH3 is 1. The van der Waals surface area contributed by atoms with Crippen molar-refractivity contribution in [1.29, 1.82) is 0 Å². The monoisotopic (exact) mass is 194 g/mol. The molecule has 0 aliphatic rings. The first-order valence-corrected chi connectivity index (χ1v) is 4.68. The van der Waals surface area contributed by atoms with Crippen LogP contribution >= 0.6 is 11.8 Å². The van der Waals surface area contributed by atoms with Gasteiger partial charge >= 0.3 is 5.97 Å². The van der Waals surface area contributed by atoms with E-state index in [2.05, 4.69) is 4.84 Å². The number of carbonyl (C=O) groups excluding carboxylic acids is 1. The summed E-state index contributed by atoms with van der Waals surface area (Å²) in [6.07, 6.45) is 0.360. The molecule has 0 saturated carbocycles. The molecule has 0 aliphatic carbocycles. The molecule has 0 unspecified atom stereocenters. The molecule has 3 N–H and O–H groups in total. The fraction of sp³-hybridized carbons (Fsp3) is 0.833. The van der Waals surface area contributed by atoms with Crippen LogP contribution in [0.15, 0.2) is 0 Å². The van der Waals surface area contributed by atoms with Gasteiger partial charge in [0, 0.05) is 18.6 Å². The average Bonchev–Trinajstić information content (AvgIpc) is 2.05. The number of hydrogen-bond acceptors (Lipinski definition) is 6. The minimum absolute atomic E-state index is 0.345. The Morgan fingerprint density at radius 1 is 1.58 bits per heavy atom. The van der Waals surface area contributed by atoms with E-state index in [1.807, 2.05) is 5.59 Å². The number of hydrogen-bond donors (Lipinski definition) is 2. The quantitative estimate of drug-likeness (QED) is 0.329.